The van der Waals surface area contributed by atoms with Crippen LogP contribution in [0.2, 0.25) is 0 Å². The number of thiocarbonyl (C=S) groups is 1. The Balaban J connectivity index is 1.80. The molecule has 24 heavy (non-hydrogen) atoms. The van der Waals surface area contributed by atoms with E-state index < -0.39 is 0 Å². The van der Waals surface area contributed by atoms with Gasteiger partial charge in [0.2, 0.25) is 5.91 Å². The lowest BCUT2D eigenvalue weighted by molar-refractivity contribution is -0.115. The maximum Gasteiger partial charge on any atom is 0.243 e. The monoisotopic (exact) mass is 341 g/mol. The van der Waals surface area contributed by atoms with Gasteiger partial charge in [0, 0.05) is 12.2 Å². The molecule has 0 aromatic heterocycles. The zero-order valence-electron chi connectivity index (χ0n) is 14.3. The molecule has 1 amide bonds. The molecule has 0 saturated heterocycles. The Morgan fingerprint density at radius 2 is 1.62 bits per heavy atom. The molecule has 0 saturated carbocycles. The van der Waals surface area contributed by atoms with E-state index in [4.69, 9.17) is 12.2 Å². The smallest absolute Gasteiger partial charge is 0.243 e. The van der Waals surface area contributed by atoms with E-state index in [1.165, 1.54) is 5.56 Å². The van der Waals surface area contributed by atoms with Crippen LogP contribution in [-0.4, -0.2) is 17.6 Å². The maximum absolute atomic E-state index is 12.1. The Kier molecular flexibility index (Phi) is 6.32. The van der Waals surface area contributed by atoms with Gasteiger partial charge in [-0.05, 0) is 49.7 Å². The van der Waals surface area contributed by atoms with E-state index in [2.05, 4.69) is 28.1 Å². The van der Waals surface area contributed by atoms with Gasteiger partial charge in [0.15, 0.2) is 5.11 Å². The summed E-state index contributed by atoms with van der Waals surface area (Å²) in [6, 6.07) is 14.1. The van der Waals surface area contributed by atoms with Gasteiger partial charge in [-0.25, -0.2) is 0 Å². The zero-order valence-corrected chi connectivity index (χ0v) is 15.1. The molecule has 0 aliphatic rings. The molecule has 0 heterocycles. The van der Waals surface area contributed by atoms with Crippen molar-refractivity contribution in [2.24, 2.45) is 0 Å². The average Bonchev–Trinajstić information content (AvgIpc) is 2.55. The van der Waals surface area contributed by atoms with Crippen LogP contribution in [0.4, 0.5) is 5.69 Å². The van der Waals surface area contributed by atoms with Crippen molar-refractivity contribution in [3.8, 4) is 0 Å². The second kappa shape index (κ2) is 8.45. The Bertz CT molecular complexity index is 706. The van der Waals surface area contributed by atoms with E-state index in [1.54, 1.807) is 0 Å². The van der Waals surface area contributed by atoms with Crippen molar-refractivity contribution >= 4 is 28.9 Å². The first kappa shape index (κ1) is 17.9. The van der Waals surface area contributed by atoms with E-state index in [0.717, 1.165) is 22.4 Å². The Hall–Kier alpha value is -2.40. The standard InChI is InChI=1S/C19H23N3OS/c1-13-9-14(2)18(15(3)10-13)22-17(23)12-21-19(24)20-11-16-7-5-4-6-8-16/h4-10H,11-12H2,1-3H3,(H,22,23)(H2,20,21,24). The first-order chi connectivity index (χ1) is 11.5. The number of hydrogen-bond acceptors (Lipinski definition) is 2. The van der Waals surface area contributed by atoms with Crippen LogP contribution in [0.25, 0.3) is 0 Å². The molecule has 3 N–H and O–H groups in total. The molecular weight excluding hydrogens is 318 g/mol. The van der Waals surface area contributed by atoms with Gasteiger partial charge in [0.25, 0.3) is 0 Å². The van der Waals surface area contributed by atoms with Gasteiger partial charge >= 0.3 is 0 Å². The number of carbonyl (C=O) groups is 1. The highest BCUT2D eigenvalue weighted by molar-refractivity contribution is 7.80. The van der Waals surface area contributed by atoms with Crippen LogP contribution in [-0.2, 0) is 11.3 Å². The van der Waals surface area contributed by atoms with E-state index in [9.17, 15) is 4.79 Å². The van der Waals surface area contributed by atoms with Gasteiger partial charge in [-0.2, -0.15) is 0 Å². The molecule has 0 fully saturated rings. The number of nitrogens with one attached hydrogen (secondary N) is 3. The Morgan fingerprint density at radius 3 is 2.25 bits per heavy atom. The Morgan fingerprint density at radius 1 is 1.00 bits per heavy atom. The number of hydrogen-bond donors (Lipinski definition) is 3. The van der Waals surface area contributed by atoms with Crippen molar-refractivity contribution in [1.29, 1.82) is 0 Å². The first-order valence-electron chi connectivity index (χ1n) is 7.89. The van der Waals surface area contributed by atoms with E-state index in [1.807, 2.05) is 51.1 Å². The summed E-state index contributed by atoms with van der Waals surface area (Å²) in [5.74, 6) is -0.117. The number of carbonyl (C=O) groups excluding carboxylic acids is 1. The van der Waals surface area contributed by atoms with Crippen molar-refractivity contribution < 1.29 is 4.79 Å². The van der Waals surface area contributed by atoms with Crippen LogP contribution < -0.4 is 16.0 Å². The van der Waals surface area contributed by atoms with Gasteiger partial charge < -0.3 is 16.0 Å². The lowest BCUT2D eigenvalue weighted by Gasteiger charge is -2.14. The van der Waals surface area contributed by atoms with Crippen molar-refractivity contribution in [1.82, 2.24) is 10.6 Å². The lowest BCUT2D eigenvalue weighted by atomic mass is 10.1. The molecule has 0 radical (unpaired) electrons. The number of benzene rings is 2. The van der Waals surface area contributed by atoms with Crippen molar-refractivity contribution in [3.05, 3.63) is 64.7 Å². The molecule has 126 valence electrons. The van der Waals surface area contributed by atoms with Crippen LogP contribution in [0.5, 0.6) is 0 Å². The Labute approximate surface area is 148 Å². The minimum absolute atomic E-state index is 0.117. The normalized spacial score (nSPS) is 10.1. The van der Waals surface area contributed by atoms with Crippen molar-refractivity contribution in [3.63, 3.8) is 0 Å². The topological polar surface area (TPSA) is 53.2 Å². The number of anilines is 1. The van der Waals surface area contributed by atoms with Crippen LogP contribution in [0.1, 0.15) is 22.3 Å². The van der Waals surface area contributed by atoms with Crippen LogP contribution in [0, 0.1) is 20.8 Å². The third kappa shape index (κ3) is 5.35. The van der Waals surface area contributed by atoms with Crippen LogP contribution >= 0.6 is 12.2 Å². The highest BCUT2D eigenvalue weighted by atomic mass is 32.1. The summed E-state index contributed by atoms with van der Waals surface area (Å²) in [6.07, 6.45) is 0. The molecular formula is C19H23N3OS. The average molecular weight is 341 g/mol. The molecule has 0 atom stereocenters. The first-order valence-corrected chi connectivity index (χ1v) is 8.30. The fourth-order valence-corrected chi connectivity index (χ4v) is 2.71. The largest absolute Gasteiger partial charge is 0.359 e. The third-order valence-electron chi connectivity index (χ3n) is 3.65. The van der Waals surface area contributed by atoms with Crippen molar-refractivity contribution in [2.75, 3.05) is 11.9 Å². The molecule has 0 unspecified atom stereocenters. The zero-order chi connectivity index (χ0) is 17.5. The minimum atomic E-state index is -0.117. The fourth-order valence-electron chi connectivity index (χ4n) is 2.56. The van der Waals surface area contributed by atoms with Gasteiger partial charge in [0.05, 0.1) is 6.54 Å². The quantitative estimate of drug-likeness (QED) is 0.731. The van der Waals surface area contributed by atoms with Gasteiger partial charge in [-0.15, -0.1) is 0 Å². The molecule has 0 spiro atoms. The summed E-state index contributed by atoms with van der Waals surface area (Å²) in [7, 11) is 0. The maximum atomic E-state index is 12.1. The number of rotatable bonds is 5. The molecule has 0 aliphatic carbocycles. The summed E-state index contributed by atoms with van der Waals surface area (Å²) in [5.41, 5.74) is 5.32. The molecule has 2 rings (SSSR count). The lowest BCUT2D eigenvalue weighted by Crippen LogP contribution is -2.39. The third-order valence-corrected chi connectivity index (χ3v) is 3.94. The number of amides is 1. The summed E-state index contributed by atoms with van der Waals surface area (Å²) in [5, 5.41) is 9.43. The molecule has 5 heteroatoms. The fraction of sp³-hybridized carbons (Fsp3) is 0.263. The SMILES string of the molecule is Cc1cc(C)c(NC(=O)CNC(=S)NCc2ccccc2)c(C)c1. The van der Waals surface area contributed by atoms with Crippen LogP contribution in [0.15, 0.2) is 42.5 Å². The van der Waals surface area contributed by atoms with E-state index >= 15 is 0 Å². The highest BCUT2D eigenvalue weighted by Crippen LogP contribution is 2.21. The second-order valence-corrected chi connectivity index (χ2v) is 6.25. The molecule has 2 aromatic carbocycles. The van der Waals surface area contributed by atoms with E-state index in [-0.39, 0.29) is 12.5 Å². The minimum Gasteiger partial charge on any atom is -0.359 e. The summed E-state index contributed by atoms with van der Waals surface area (Å²) in [4.78, 5) is 12.1. The second-order valence-electron chi connectivity index (χ2n) is 5.84. The van der Waals surface area contributed by atoms with Gasteiger partial charge in [-0.3, -0.25) is 4.79 Å². The predicted octanol–water partition coefficient (Wildman–Crippen LogP) is 3.21. The predicted molar refractivity (Wildman–Crippen MR) is 103 cm³/mol. The van der Waals surface area contributed by atoms with Crippen LogP contribution in [0.3, 0.4) is 0 Å². The van der Waals surface area contributed by atoms with E-state index in [0.29, 0.717) is 11.7 Å². The number of aryl methyl sites for hydroxylation is 3. The highest BCUT2D eigenvalue weighted by Gasteiger charge is 2.08. The molecule has 0 aliphatic heterocycles. The van der Waals surface area contributed by atoms with Gasteiger partial charge in [0.1, 0.15) is 0 Å². The van der Waals surface area contributed by atoms with Crippen molar-refractivity contribution in [2.45, 2.75) is 27.3 Å². The molecule has 0 bridgehead atoms. The molecule has 2 aromatic rings. The summed E-state index contributed by atoms with van der Waals surface area (Å²) < 4.78 is 0. The van der Waals surface area contributed by atoms with Gasteiger partial charge in [-0.1, -0.05) is 48.0 Å². The summed E-state index contributed by atoms with van der Waals surface area (Å²) >= 11 is 5.20. The molecule has 4 nitrogen and oxygen atoms in total. The summed E-state index contributed by atoms with van der Waals surface area (Å²) in [6.45, 7) is 6.80.